The zero-order valence-corrected chi connectivity index (χ0v) is 7.91. The van der Waals surface area contributed by atoms with E-state index in [1.807, 2.05) is 0 Å². The average molecular weight is 176 g/mol. The number of nitrogens with two attached hydrogens (primary N) is 1. The fraction of sp³-hybridized carbons (Fsp3) is 0.857. The predicted molar refractivity (Wildman–Crippen MR) is 50.7 cm³/mol. The van der Waals surface area contributed by atoms with Crippen molar-refractivity contribution in [2.45, 2.75) is 19.4 Å². The molecule has 0 aliphatic carbocycles. The maximum absolute atomic E-state index is 5.40. The summed E-state index contributed by atoms with van der Waals surface area (Å²) in [5.74, 6) is 0. The summed E-state index contributed by atoms with van der Waals surface area (Å²) < 4.78 is 5.40. The van der Waals surface area contributed by atoms with Crippen molar-refractivity contribution in [2.75, 3.05) is 19.7 Å². The third-order valence-corrected chi connectivity index (χ3v) is 1.32. The Kier molecular flexibility index (Phi) is 5.36. The van der Waals surface area contributed by atoms with Crippen LogP contribution in [0.2, 0.25) is 0 Å². The molecule has 0 aromatic carbocycles. The lowest BCUT2D eigenvalue weighted by molar-refractivity contribution is -0.0384. The SMILES string of the molecule is CC1(C)CNCCO1.NC=S. The summed E-state index contributed by atoms with van der Waals surface area (Å²) in [4.78, 5) is 0. The van der Waals surface area contributed by atoms with Crippen LogP contribution in [0.4, 0.5) is 0 Å². The maximum atomic E-state index is 5.40. The number of hydrogen-bond acceptors (Lipinski definition) is 3. The van der Waals surface area contributed by atoms with Crippen LogP contribution in [0, 0.1) is 0 Å². The van der Waals surface area contributed by atoms with Gasteiger partial charge in [0.05, 0.1) is 17.7 Å². The molecule has 0 radical (unpaired) electrons. The number of rotatable bonds is 0. The van der Waals surface area contributed by atoms with Crippen molar-refractivity contribution in [3.05, 3.63) is 0 Å². The zero-order chi connectivity index (χ0) is 8.74. The van der Waals surface area contributed by atoms with E-state index in [2.05, 4.69) is 37.1 Å². The van der Waals surface area contributed by atoms with Gasteiger partial charge < -0.3 is 15.8 Å². The number of nitrogens with one attached hydrogen (secondary N) is 1. The van der Waals surface area contributed by atoms with E-state index < -0.39 is 0 Å². The summed E-state index contributed by atoms with van der Waals surface area (Å²) in [6.07, 6.45) is 0. The van der Waals surface area contributed by atoms with Gasteiger partial charge in [-0.25, -0.2) is 0 Å². The van der Waals surface area contributed by atoms with Gasteiger partial charge in [0.2, 0.25) is 0 Å². The first-order chi connectivity index (χ1) is 5.12. The highest BCUT2D eigenvalue weighted by Crippen LogP contribution is 2.08. The van der Waals surface area contributed by atoms with Crippen molar-refractivity contribution in [2.24, 2.45) is 5.73 Å². The van der Waals surface area contributed by atoms with Crippen LogP contribution >= 0.6 is 12.2 Å². The van der Waals surface area contributed by atoms with Gasteiger partial charge in [0.15, 0.2) is 0 Å². The van der Waals surface area contributed by atoms with Crippen molar-refractivity contribution >= 4 is 17.7 Å². The van der Waals surface area contributed by atoms with Gasteiger partial charge in [0.1, 0.15) is 0 Å². The molecule has 0 amide bonds. The number of thiocarbonyl (C=S) groups is 1. The van der Waals surface area contributed by atoms with Crippen LogP contribution in [-0.4, -0.2) is 30.8 Å². The molecule has 3 nitrogen and oxygen atoms in total. The van der Waals surface area contributed by atoms with Crippen molar-refractivity contribution < 1.29 is 4.74 Å². The minimum Gasteiger partial charge on any atom is -0.396 e. The first-order valence-corrected chi connectivity index (χ1v) is 4.09. The fourth-order valence-electron chi connectivity index (χ4n) is 0.840. The summed E-state index contributed by atoms with van der Waals surface area (Å²) in [6.45, 7) is 7.03. The molecule has 1 saturated heterocycles. The topological polar surface area (TPSA) is 47.3 Å². The summed E-state index contributed by atoms with van der Waals surface area (Å²) in [5.41, 5.74) is 5.69. The van der Waals surface area contributed by atoms with Crippen LogP contribution in [0.5, 0.6) is 0 Å². The molecule has 11 heavy (non-hydrogen) atoms. The Hall–Kier alpha value is -0.190. The maximum Gasteiger partial charge on any atom is 0.0750 e. The lowest BCUT2D eigenvalue weighted by atomic mass is 10.1. The van der Waals surface area contributed by atoms with E-state index in [1.165, 1.54) is 0 Å². The van der Waals surface area contributed by atoms with Crippen LogP contribution in [0.3, 0.4) is 0 Å². The highest BCUT2D eigenvalue weighted by Gasteiger charge is 2.20. The Bertz CT molecular complexity index is 109. The van der Waals surface area contributed by atoms with Gasteiger partial charge in [-0.05, 0) is 13.8 Å². The molecule has 3 N–H and O–H groups in total. The molecule has 0 atom stereocenters. The predicted octanol–water partition coefficient (Wildman–Crippen LogP) is 0.287. The van der Waals surface area contributed by atoms with E-state index in [0.717, 1.165) is 25.2 Å². The molecule has 0 saturated carbocycles. The molecule has 0 spiro atoms. The van der Waals surface area contributed by atoms with E-state index in [4.69, 9.17) is 4.74 Å². The van der Waals surface area contributed by atoms with Gasteiger partial charge >= 0.3 is 0 Å². The van der Waals surface area contributed by atoms with Gasteiger partial charge in [0.25, 0.3) is 0 Å². The van der Waals surface area contributed by atoms with E-state index in [-0.39, 0.29) is 5.60 Å². The molecule has 0 aromatic rings. The Morgan fingerprint density at radius 3 is 2.36 bits per heavy atom. The van der Waals surface area contributed by atoms with Crippen LogP contribution < -0.4 is 11.1 Å². The summed E-state index contributed by atoms with van der Waals surface area (Å²) in [7, 11) is 0. The Morgan fingerprint density at radius 2 is 2.18 bits per heavy atom. The van der Waals surface area contributed by atoms with Crippen LogP contribution in [-0.2, 0) is 4.74 Å². The molecule has 1 fully saturated rings. The summed E-state index contributed by atoms with van der Waals surface area (Å²) in [5, 5.41) is 3.25. The van der Waals surface area contributed by atoms with Crippen molar-refractivity contribution in [3.63, 3.8) is 0 Å². The van der Waals surface area contributed by atoms with Gasteiger partial charge in [-0.1, -0.05) is 12.2 Å². The van der Waals surface area contributed by atoms with Gasteiger partial charge in [-0.2, -0.15) is 0 Å². The van der Waals surface area contributed by atoms with E-state index in [0.29, 0.717) is 0 Å². The Labute approximate surface area is 73.3 Å². The van der Waals surface area contributed by atoms with Crippen molar-refractivity contribution in [3.8, 4) is 0 Å². The molecule has 0 bridgehead atoms. The van der Waals surface area contributed by atoms with Crippen LogP contribution in [0.15, 0.2) is 0 Å². The molecular weight excluding hydrogens is 160 g/mol. The Balaban J connectivity index is 0.000000292. The third-order valence-electron chi connectivity index (χ3n) is 1.32. The van der Waals surface area contributed by atoms with Crippen LogP contribution in [0.1, 0.15) is 13.8 Å². The molecule has 0 aromatic heterocycles. The van der Waals surface area contributed by atoms with E-state index in [1.54, 1.807) is 0 Å². The molecule has 1 rings (SSSR count). The molecular formula is C7H16N2OS. The smallest absolute Gasteiger partial charge is 0.0750 e. The minimum atomic E-state index is 0.0677. The van der Waals surface area contributed by atoms with Crippen molar-refractivity contribution in [1.82, 2.24) is 5.32 Å². The van der Waals surface area contributed by atoms with E-state index in [9.17, 15) is 0 Å². The molecule has 4 heteroatoms. The Morgan fingerprint density at radius 1 is 1.64 bits per heavy atom. The highest BCUT2D eigenvalue weighted by atomic mass is 32.1. The second-order valence-electron chi connectivity index (χ2n) is 2.92. The molecule has 66 valence electrons. The second-order valence-corrected chi connectivity index (χ2v) is 3.19. The zero-order valence-electron chi connectivity index (χ0n) is 7.09. The standard InChI is InChI=1S/C6H13NO.CH3NS/c1-6(2)5-7-3-4-8-6;2-1-3/h7H,3-5H2,1-2H3;1H,(H2,2,3). The molecule has 1 aliphatic heterocycles. The normalized spacial score (nSPS) is 21.3. The average Bonchev–Trinajstić information content (AvgIpc) is 1.88. The highest BCUT2D eigenvalue weighted by molar-refractivity contribution is 7.78. The minimum absolute atomic E-state index is 0.0677. The lowest BCUT2D eigenvalue weighted by Crippen LogP contribution is -2.45. The van der Waals surface area contributed by atoms with E-state index >= 15 is 0 Å². The van der Waals surface area contributed by atoms with Crippen molar-refractivity contribution in [1.29, 1.82) is 0 Å². The van der Waals surface area contributed by atoms with Gasteiger partial charge in [-0.15, -0.1) is 0 Å². The molecule has 1 aliphatic rings. The quantitative estimate of drug-likeness (QED) is 0.521. The lowest BCUT2D eigenvalue weighted by Gasteiger charge is -2.30. The third kappa shape index (κ3) is 6.22. The van der Waals surface area contributed by atoms with Gasteiger partial charge in [-0.3, -0.25) is 0 Å². The first kappa shape index (κ1) is 10.8. The molecule has 0 unspecified atom stereocenters. The second kappa shape index (κ2) is 5.46. The molecule has 1 heterocycles. The largest absolute Gasteiger partial charge is 0.396 e. The number of ether oxygens (including phenoxy) is 1. The van der Waals surface area contributed by atoms with Gasteiger partial charge in [0, 0.05) is 13.1 Å². The monoisotopic (exact) mass is 176 g/mol. The number of morpholine rings is 1. The van der Waals surface area contributed by atoms with Crippen LogP contribution in [0.25, 0.3) is 0 Å². The fourth-order valence-corrected chi connectivity index (χ4v) is 0.840. The first-order valence-electron chi connectivity index (χ1n) is 3.62. The number of hydrogen-bond donors (Lipinski definition) is 2. The summed E-state index contributed by atoms with van der Waals surface area (Å²) >= 11 is 4.05. The summed E-state index contributed by atoms with van der Waals surface area (Å²) in [6, 6.07) is 0.